The molecule has 0 aromatic heterocycles. The van der Waals surface area contributed by atoms with Gasteiger partial charge in [0, 0.05) is 65.7 Å². The van der Waals surface area contributed by atoms with Crippen molar-refractivity contribution in [3.63, 3.8) is 0 Å². The summed E-state index contributed by atoms with van der Waals surface area (Å²) in [4.78, 5) is 30.2. The molecule has 240 valence electrons. The summed E-state index contributed by atoms with van der Waals surface area (Å²) in [7, 11) is 0. The number of rotatable bonds is 8. The Morgan fingerprint density at radius 1 is 0.617 bits per heavy atom. The summed E-state index contributed by atoms with van der Waals surface area (Å²) in [6.07, 6.45) is 2.50. The highest BCUT2D eigenvalue weighted by Gasteiger charge is 2.19. The molecular weight excluding hydrogens is 592 g/mol. The molecule has 2 aliphatic rings. The van der Waals surface area contributed by atoms with Crippen LogP contribution in [0.5, 0.6) is 0 Å². The molecular formula is C37H38N6O4. The van der Waals surface area contributed by atoms with Crippen LogP contribution >= 0.6 is 0 Å². The van der Waals surface area contributed by atoms with Gasteiger partial charge in [-0.15, -0.1) is 0 Å². The smallest absolute Gasteiger partial charge is 0.255 e. The van der Waals surface area contributed by atoms with Crippen molar-refractivity contribution in [3.8, 4) is 6.07 Å². The van der Waals surface area contributed by atoms with E-state index in [9.17, 15) is 25.1 Å². The molecule has 0 radical (unpaired) electrons. The summed E-state index contributed by atoms with van der Waals surface area (Å²) in [5, 5.41) is 38.3. The van der Waals surface area contributed by atoms with Crippen LogP contribution in [0.2, 0.25) is 0 Å². The summed E-state index contributed by atoms with van der Waals surface area (Å²) >= 11 is 0. The molecule has 2 aliphatic heterocycles. The second-order valence-corrected chi connectivity index (χ2v) is 12.0. The predicted octanol–water partition coefficient (Wildman–Crippen LogP) is 5.73. The van der Waals surface area contributed by atoms with Crippen molar-refractivity contribution in [1.29, 1.82) is 5.26 Å². The number of aliphatic hydroxyl groups excluding tert-OH is 2. The van der Waals surface area contributed by atoms with Gasteiger partial charge in [0.25, 0.3) is 11.8 Å². The Hall–Kier alpha value is -5.37. The van der Waals surface area contributed by atoms with Crippen LogP contribution in [-0.4, -0.2) is 60.4 Å². The van der Waals surface area contributed by atoms with Crippen LogP contribution in [0.4, 0.5) is 34.1 Å². The largest absolute Gasteiger partial charge is 0.393 e. The lowest BCUT2D eigenvalue weighted by atomic mass is 10.1. The first kappa shape index (κ1) is 31.6. The van der Waals surface area contributed by atoms with Gasteiger partial charge in [-0.2, -0.15) is 5.26 Å². The number of amides is 2. The van der Waals surface area contributed by atoms with Gasteiger partial charge in [-0.05, 0) is 117 Å². The van der Waals surface area contributed by atoms with Gasteiger partial charge >= 0.3 is 0 Å². The quantitative estimate of drug-likeness (QED) is 0.166. The van der Waals surface area contributed by atoms with Crippen molar-refractivity contribution < 1.29 is 19.8 Å². The number of piperidine rings is 2. The van der Waals surface area contributed by atoms with Gasteiger partial charge in [0.05, 0.1) is 23.5 Å². The highest BCUT2D eigenvalue weighted by molar-refractivity contribution is 6.05. The molecule has 6 rings (SSSR count). The van der Waals surface area contributed by atoms with E-state index >= 15 is 0 Å². The third kappa shape index (κ3) is 7.90. The molecule has 4 aromatic carbocycles. The van der Waals surface area contributed by atoms with Crippen molar-refractivity contribution in [2.45, 2.75) is 37.9 Å². The topological polar surface area (TPSA) is 141 Å². The number of hydrogen-bond acceptors (Lipinski definition) is 8. The summed E-state index contributed by atoms with van der Waals surface area (Å²) in [5.41, 5.74) is 5.95. The number of carbonyl (C=O) groups is 2. The lowest BCUT2D eigenvalue weighted by molar-refractivity contribution is 0.101. The second kappa shape index (κ2) is 14.4. The minimum Gasteiger partial charge on any atom is -0.393 e. The van der Waals surface area contributed by atoms with E-state index in [1.54, 1.807) is 54.6 Å². The number of nitriles is 1. The molecule has 10 heteroatoms. The average molecular weight is 631 g/mol. The standard InChI is InChI=1S/C37H38N6O4/c38-24-27-23-30(41-37(47)26-3-12-32(13-4-26)43-21-17-34(45)18-22-43)9-14-35(27)39-28-5-7-29(8-6-28)40-36(46)25-1-10-31(11-2-25)42-19-15-33(44)16-20-42/h1-14,23,33-34,39,44-45H,15-22H2,(H,40,46)(H,41,47). The lowest BCUT2D eigenvalue weighted by Gasteiger charge is -2.31. The van der Waals surface area contributed by atoms with Gasteiger partial charge in [-0.1, -0.05) is 0 Å². The van der Waals surface area contributed by atoms with E-state index in [0.717, 1.165) is 68.9 Å². The number of nitrogens with zero attached hydrogens (tertiary/aromatic N) is 3. The van der Waals surface area contributed by atoms with Crippen molar-refractivity contribution in [3.05, 3.63) is 108 Å². The fourth-order valence-corrected chi connectivity index (χ4v) is 5.92. The molecule has 0 aliphatic carbocycles. The highest BCUT2D eigenvalue weighted by Crippen LogP contribution is 2.27. The fourth-order valence-electron chi connectivity index (χ4n) is 5.92. The number of nitrogens with one attached hydrogen (secondary N) is 3. The zero-order chi connectivity index (χ0) is 32.8. The number of carbonyl (C=O) groups excluding carboxylic acids is 2. The van der Waals surface area contributed by atoms with E-state index < -0.39 is 0 Å². The molecule has 4 aromatic rings. The number of anilines is 6. The van der Waals surface area contributed by atoms with Crippen molar-refractivity contribution in [2.75, 3.05) is 51.9 Å². The minimum atomic E-state index is -0.272. The molecule has 2 saturated heterocycles. The fraction of sp³-hybridized carbons (Fsp3) is 0.270. The Morgan fingerprint density at radius 2 is 1.04 bits per heavy atom. The van der Waals surface area contributed by atoms with Crippen LogP contribution in [0.25, 0.3) is 0 Å². The van der Waals surface area contributed by atoms with Gasteiger partial charge in [-0.25, -0.2) is 0 Å². The Morgan fingerprint density at radius 3 is 1.51 bits per heavy atom. The highest BCUT2D eigenvalue weighted by atomic mass is 16.3. The van der Waals surface area contributed by atoms with Crippen LogP contribution in [-0.2, 0) is 0 Å². The third-order valence-electron chi connectivity index (χ3n) is 8.74. The minimum absolute atomic E-state index is 0.214. The van der Waals surface area contributed by atoms with Crippen LogP contribution in [0, 0.1) is 11.3 Å². The average Bonchev–Trinajstić information content (AvgIpc) is 3.10. The monoisotopic (exact) mass is 630 g/mol. The first-order valence-electron chi connectivity index (χ1n) is 15.9. The summed E-state index contributed by atoms with van der Waals surface area (Å²) in [5.74, 6) is -0.485. The van der Waals surface area contributed by atoms with E-state index in [-0.39, 0.29) is 24.0 Å². The number of benzene rings is 4. The summed E-state index contributed by atoms with van der Waals surface area (Å²) in [6.45, 7) is 3.17. The van der Waals surface area contributed by atoms with Crippen LogP contribution < -0.4 is 25.8 Å². The van der Waals surface area contributed by atoms with Gasteiger partial charge in [0.1, 0.15) is 6.07 Å². The molecule has 2 amide bonds. The molecule has 0 unspecified atom stereocenters. The molecule has 47 heavy (non-hydrogen) atoms. The lowest BCUT2D eigenvalue weighted by Crippen LogP contribution is -2.35. The molecule has 2 fully saturated rings. The molecule has 10 nitrogen and oxygen atoms in total. The molecule has 0 spiro atoms. The maximum atomic E-state index is 12.9. The SMILES string of the molecule is N#Cc1cc(NC(=O)c2ccc(N3CCC(O)CC3)cc2)ccc1Nc1ccc(NC(=O)c2ccc(N3CCC(O)CC3)cc2)cc1. The Bertz CT molecular complexity index is 1740. The van der Waals surface area contributed by atoms with E-state index in [4.69, 9.17) is 0 Å². The van der Waals surface area contributed by atoms with Gasteiger partial charge < -0.3 is 36.0 Å². The predicted molar refractivity (Wildman–Crippen MR) is 185 cm³/mol. The van der Waals surface area contributed by atoms with Crippen LogP contribution in [0.3, 0.4) is 0 Å². The zero-order valence-electron chi connectivity index (χ0n) is 26.0. The van der Waals surface area contributed by atoms with Crippen molar-refractivity contribution in [2.24, 2.45) is 0 Å². The Kier molecular flexibility index (Phi) is 9.67. The Balaban J connectivity index is 1.03. The molecule has 2 heterocycles. The molecule has 0 bridgehead atoms. The normalized spacial score (nSPS) is 15.5. The van der Waals surface area contributed by atoms with Gasteiger partial charge in [0.2, 0.25) is 0 Å². The first-order valence-corrected chi connectivity index (χ1v) is 15.9. The van der Waals surface area contributed by atoms with E-state index in [1.165, 1.54) is 0 Å². The molecule has 5 N–H and O–H groups in total. The van der Waals surface area contributed by atoms with E-state index in [1.807, 2.05) is 36.4 Å². The van der Waals surface area contributed by atoms with E-state index in [0.29, 0.717) is 33.8 Å². The maximum Gasteiger partial charge on any atom is 0.255 e. The number of aliphatic hydroxyl groups is 2. The van der Waals surface area contributed by atoms with Gasteiger partial charge in [-0.3, -0.25) is 9.59 Å². The van der Waals surface area contributed by atoms with Crippen LogP contribution in [0.15, 0.2) is 91.0 Å². The first-order chi connectivity index (χ1) is 22.8. The van der Waals surface area contributed by atoms with Crippen molar-refractivity contribution in [1.82, 2.24) is 0 Å². The molecule has 0 atom stereocenters. The second-order valence-electron chi connectivity index (χ2n) is 12.0. The third-order valence-corrected chi connectivity index (χ3v) is 8.74. The number of hydrogen-bond donors (Lipinski definition) is 5. The van der Waals surface area contributed by atoms with Gasteiger partial charge in [0.15, 0.2) is 0 Å². The zero-order valence-corrected chi connectivity index (χ0v) is 26.0. The summed E-state index contributed by atoms with van der Waals surface area (Å²) in [6, 6.07) is 29.4. The van der Waals surface area contributed by atoms with Crippen molar-refractivity contribution >= 4 is 45.9 Å². The molecule has 0 saturated carbocycles. The van der Waals surface area contributed by atoms with E-state index in [2.05, 4.69) is 31.8 Å². The summed E-state index contributed by atoms with van der Waals surface area (Å²) < 4.78 is 0. The van der Waals surface area contributed by atoms with Crippen LogP contribution in [0.1, 0.15) is 52.0 Å². The maximum absolute atomic E-state index is 12.9. The Labute approximate surface area is 274 Å².